The number of rotatable bonds is 5. The van der Waals surface area contributed by atoms with E-state index in [1.165, 1.54) is 0 Å². The van der Waals surface area contributed by atoms with Gasteiger partial charge < -0.3 is 9.52 Å². The van der Waals surface area contributed by atoms with Gasteiger partial charge in [0.25, 0.3) is 0 Å². The number of carboxylic acid groups (broad SMARTS) is 1. The van der Waals surface area contributed by atoms with E-state index >= 15 is 0 Å². The van der Waals surface area contributed by atoms with Gasteiger partial charge in [0.2, 0.25) is 0 Å². The van der Waals surface area contributed by atoms with Crippen LogP contribution in [0.2, 0.25) is 0 Å². The van der Waals surface area contributed by atoms with Crippen LogP contribution in [-0.4, -0.2) is 16.6 Å². The average Bonchev–Trinajstić information content (AvgIpc) is 2.64. The van der Waals surface area contributed by atoms with Gasteiger partial charge in [0.1, 0.15) is 17.1 Å². The second-order valence-electron chi connectivity index (χ2n) is 4.31. The first-order valence-corrected chi connectivity index (χ1v) is 5.46. The largest absolute Gasteiger partial charge is 0.480 e. The number of aliphatic carboxylic acids is 1. The van der Waals surface area contributed by atoms with Crippen LogP contribution in [0.5, 0.6) is 0 Å². The van der Waals surface area contributed by atoms with Gasteiger partial charge in [-0.2, -0.15) is 0 Å². The molecule has 16 heavy (non-hydrogen) atoms. The number of aryl methyl sites for hydroxylation is 1. The van der Waals surface area contributed by atoms with E-state index < -0.39 is 11.5 Å². The Balaban J connectivity index is 2.77. The van der Waals surface area contributed by atoms with Crippen LogP contribution in [0.25, 0.3) is 0 Å². The second kappa shape index (κ2) is 4.70. The van der Waals surface area contributed by atoms with Crippen LogP contribution >= 0.6 is 0 Å². The summed E-state index contributed by atoms with van der Waals surface area (Å²) in [4.78, 5) is 11.1. The van der Waals surface area contributed by atoms with Crippen LogP contribution in [0.15, 0.2) is 16.5 Å². The van der Waals surface area contributed by atoms with Crippen molar-refractivity contribution in [2.45, 2.75) is 45.7 Å². The van der Waals surface area contributed by atoms with Gasteiger partial charge in [0, 0.05) is 0 Å². The van der Waals surface area contributed by atoms with Gasteiger partial charge in [0.15, 0.2) is 0 Å². The molecule has 2 atom stereocenters. The number of hydrogen-bond donors (Lipinski definition) is 2. The molecule has 1 rings (SSSR count). The third-order valence-corrected chi connectivity index (χ3v) is 2.90. The first-order valence-electron chi connectivity index (χ1n) is 5.46. The Labute approximate surface area is 95.7 Å². The highest BCUT2D eigenvalue weighted by Crippen LogP contribution is 2.20. The molecule has 1 heterocycles. The third-order valence-electron chi connectivity index (χ3n) is 2.90. The van der Waals surface area contributed by atoms with Crippen molar-refractivity contribution in [2.24, 2.45) is 0 Å². The maximum atomic E-state index is 11.1. The molecule has 0 amide bonds. The summed E-state index contributed by atoms with van der Waals surface area (Å²) >= 11 is 0. The lowest BCUT2D eigenvalue weighted by molar-refractivity contribution is -0.144. The van der Waals surface area contributed by atoms with E-state index in [0.29, 0.717) is 6.42 Å². The normalized spacial score (nSPS) is 16.8. The minimum Gasteiger partial charge on any atom is -0.480 e. The zero-order valence-electron chi connectivity index (χ0n) is 10.2. The molecule has 0 spiro atoms. The molecule has 0 aliphatic carbocycles. The number of furan rings is 1. The molecule has 0 aliphatic rings. The molecular formula is C12H19NO3. The molecule has 4 heteroatoms. The highest BCUT2D eigenvalue weighted by atomic mass is 16.4. The van der Waals surface area contributed by atoms with Crippen molar-refractivity contribution in [3.8, 4) is 0 Å². The Bertz CT molecular complexity index is 372. The Kier molecular flexibility index (Phi) is 3.75. The van der Waals surface area contributed by atoms with Crippen LogP contribution in [0, 0.1) is 6.92 Å². The SMILES string of the molecule is CCC(C)(NC(C)c1ccc(C)o1)C(=O)O. The molecule has 2 unspecified atom stereocenters. The van der Waals surface area contributed by atoms with Crippen molar-refractivity contribution >= 4 is 5.97 Å². The number of nitrogens with one attached hydrogen (secondary N) is 1. The summed E-state index contributed by atoms with van der Waals surface area (Å²) in [6.45, 7) is 7.30. The molecule has 1 aromatic heterocycles. The van der Waals surface area contributed by atoms with E-state index in [0.717, 1.165) is 11.5 Å². The zero-order chi connectivity index (χ0) is 12.3. The summed E-state index contributed by atoms with van der Waals surface area (Å²) in [7, 11) is 0. The molecule has 90 valence electrons. The highest BCUT2D eigenvalue weighted by molar-refractivity contribution is 5.78. The minimum absolute atomic E-state index is 0.116. The lowest BCUT2D eigenvalue weighted by Gasteiger charge is -2.27. The molecule has 2 N–H and O–H groups in total. The van der Waals surface area contributed by atoms with Crippen LogP contribution in [0.3, 0.4) is 0 Å². The summed E-state index contributed by atoms with van der Waals surface area (Å²) in [6, 6.07) is 3.62. The zero-order valence-corrected chi connectivity index (χ0v) is 10.2. The molecular weight excluding hydrogens is 206 g/mol. The second-order valence-corrected chi connectivity index (χ2v) is 4.31. The fourth-order valence-corrected chi connectivity index (χ4v) is 1.55. The van der Waals surface area contributed by atoms with Crippen molar-refractivity contribution in [2.75, 3.05) is 0 Å². The van der Waals surface area contributed by atoms with Crippen molar-refractivity contribution in [1.82, 2.24) is 5.32 Å². The first-order chi connectivity index (χ1) is 7.39. The summed E-state index contributed by atoms with van der Waals surface area (Å²) in [5.41, 5.74) is -0.917. The van der Waals surface area contributed by atoms with Crippen LogP contribution in [0.4, 0.5) is 0 Å². The van der Waals surface area contributed by atoms with Gasteiger partial charge in [-0.15, -0.1) is 0 Å². The minimum atomic E-state index is -0.917. The summed E-state index contributed by atoms with van der Waals surface area (Å²) in [5.74, 6) is 0.751. The molecule has 0 fully saturated rings. The third kappa shape index (κ3) is 2.64. The molecule has 0 aromatic carbocycles. The molecule has 0 saturated heterocycles. The summed E-state index contributed by atoms with van der Waals surface area (Å²) in [6.07, 6.45) is 0.520. The summed E-state index contributed by atoms with van der Waals surface area (Å²) in [5, 5.41) is 12.2. The lowest BCUT2D eigenvalue weighted by Crippen LogP contribution is -2.49. The Morgan fingerprint density at radius 3 is 2.62 bits per heavy atom. The first kappa shape index (κ1) is 12.8. The number of hydrogen-bond acceptors (Lipinski definition) is 3. The smallest absolute Gasteiger partial charge is 0.323 e. The van der Waals surface area contributed by atoms with Crippen molar-refractivity contribution < 1.29 is 14.3 Å². The van der Waals surface area contributed by atoms with Crippen LogP contribution in [0.1, 0.15) is 44.8 Å². The molecule has 4 nitrogen and oxygen atoms in total. The van der Waals surface area contributed by atoms with Crippen molar-refractivity contribution in [3.63, 3.8) is 0 Å². The van der Waals surface area contributed by atoms with Gasteiger partial charge in [-0.05, 0) is 39.3 Å². The van der Waals surface area contributed by atoms with Gasteiger partial charge in [0.05, 0.1) is 6.04 Å². The fourth-order valence-electron chi connectivity index (χ4n) is 1.55. The number of carbonyl (C=O) groups is 1. The van der Waals surface area contributed by atoms with E-state index in [1.54, 1.807) is 6.92 Å². The standard InChI is InChI=1S/C12H19NO3/c1-5-12(4,11(14)15)13-9(3)10-7-6-8(2)16-10/h6-7,9,13H,5H2,1-4H3,(H,14,15). The number of carboxylic acids is 1. The average molecular weight is 225 g/mol. The van der Waals surface area contributed by atoms with Gasteiger partial charge >= 0.3 is 5.97 Å². The molecule has 0 bridgehead atoms. The highest BCUT2D eigenvalue weighted by Gasteiger charge is 2.33. The van der Waals surface area contributed by atoms with E-state index in [1.807, 2.05) is 32.9 Å². The lowest BCUT2D eigenvalue weighted by atomic mass is 9.97. The molecule has 0 saturated carbocycles. The Hall–Kier alpha value is -1.29. The van der Waals surface area contributed by atoms with E-state index in [4.69, 9.17) is 9.52 Å². The van der Waals surface area contributed by atoms with Gasteiger partial charge in [-0.1, -0.05) is 6.92 Å². The maximum Gasteiger partial charge on any atom is 0.323 e. The predicted octanol–water partition coefficient (Wildman–Crippen LogP) is 2.49. The monoisotopic (exact) mass is 225 g/mol. The fraction of sp³-hybridized carbons (Fsp3) is 0.583. The molecule has 0 radical (unpaired) electrons. The van der Waals surface area contributed by atoms with Crippen molar-refractivity contribution in [3.05, 3.63) is 23.7 Å². The Morgan fingerprint density at radius 2 is 2.25 bits per heavy atom. The quantitative estimate of drug-likeness (QED) is 0.808. The van der Waals surface area contributed by atoms with Crippen molar-refractivity contribution in [1.29, 1.82) is 0 Å². The molecule has 1 aromatic rings. The van der Waals surface area contributed by atoms with E-state index in [2.05, 4.69) is 5.32 Å². The maximum absolute atomic E-state index is 11.1. The van der Waals surface area contributed by atoms with E-state index in [-0.39, 0.29) is 6.04 Å². The predicted molar refractivity (Wildman–Crippen MR) is 61.3 cm³/mol. The topological polar surface area (TPSA) is 62.5 Å². The Morgan fingerprint density at radius 1 is 1.62 bits per heavy atom. The van der Waals surface area contributed by atoms with Crippen LogP contribution < -0.4 is 5.32 Å². The summed E-state index contributed by atoms with van der Waals surface area (Å²) < 4.78 is 5.46. The molecule has 0 aliphatic heterocycles. The van der Waals surface area contributed by atoms with Crippen LogP contribution in [-0.2, 0) is 4.79 Å². The van der Waals surface area contributed by atoms with Gasteiger partial charge in [-0.3, -0.25) is 10.1 Å². The van der Waals surface area contributed by atoms with Gasteiger partial charge in [-0.25, -0.2) is 0 Å². The van der Waals surface area contributed by atoms with E-state index in [9.17, 15) is 4.79 Å².